The van der Waals surface area contributed by atoms with Crippen molar-refractivity contribution in [2.24, 2.45) is 5.41 Å². The van der Waals surface area contributed by atoms with Gasteiger partial charge in [0.05, 0.1) is 12.1 Å². The number of amides is 1. The van der Waals surface area contributed by atoms with Gasteiger partial charge in [-0.25, -0.2) is 0 Å². The summed E-state index contributed by atoms with van der Waals surface area (Å²) < 4.78 is 0. The van der Waals surface area contributed by atoms with Gasteiger partial charge in [-0.15, -0.1) is 0 Å². The van der Waals surface area contributed by atoms with Crippen molar-refractivity contribution in [1.29, 1.82) is 0 Å². The molecule has 0 aromatic rings. The number of carbonyl (C=O) groups excluding carboxylic acids is 1. The molecule has 3 atom stereocenters. The molecule has 4 nitrogen and oxygen atoms in total. The van der Waals surface area contributed by atoms with Crippen LogP contribution in [0.5, 0.6) is 0 Å². The van der Waals surface area contributed by atoms with Crippen molar-refractivity contribution in [3.8, 4) is 0 Å². The first-order valence-corrected chi connectivity index (χ1v) is 9.82. The average molecular weight is 316 g/mol. The number of aliphatic hydroxyl groups is 1. The Bertz CT molecular complexity index is 360. The molecule has 5 heteroatoms. The van der Waals surface area contributed by atoms with Crippen LogP contribution in [0.25, 0.3) is 0 Å². The largest absolute Gasteiger partial charge is 0.391 e. The second-order valence-corrected chi connectivity index (χ2v) is 11.3. The normalized spacial score (nSPS) is 23.2. The Balaban J connectivity index is 2.71. The van der Waals surface area contributed by atoms with E-state index < -0.39 is 0 Å². The summed E-state index contributed by atoms with van der Waals surface area (Å²) in [5.74, 6) is 0.136. The summed E-state index contributed by atoms with van der Waals surface area (Å²) in [5, 5.41) is 13.4. The fourth-order valence-electron chi connectivity index (χ4n) is 2.35. The Morgan fingerprint density at radius 1 is 1.33 bits per heavy atom. The summed E-state index contributed by atoms with van der Waals surface area (Å²) in [6.45, 7) is 16.5. The van der Waals surface area contributed by atoms with Crippen molar-refractivity contribution in [2.45, 2.75) is 65.3 Å². The molecule has 0 bridgehead atoms. The second kappa shape index (κ2) is 6.93. The minimum atomic E-state index is -0.354. The first-order chi connectivity index (χ1) is 9.43. The van der Waals surface area contributed by atoms with Gasteiger partial charge in [0.25, 0.3) is 0 Å². The highest BCUT2D eigenvalue weighted by molar-refractivity contribution is 7.58. The summed E-state index contributed by atoms with van der Waals surface area (Å²) in [6.07, 6.45) is 1.24. The minimum Gasteiger partial charge on any atom is -0.391 e. The lowest BCUT2D eigenvalue weighted by Gasteiger charge is -2.36. The van der Waals surface area contributed by atoms with Gasteiger partial charge in [-0.2, -0.15) is 0 Å². The van der Waals surface area contributed by atoms with Crippen molar-refractivity contribution in [1.82, 2.24) is 10.2 Å². The molecule has 0 aliphatic carbocycles. The molecule has 1 aliphatic heterocycles. The number of rotatable bonds is 4. The van der Waals surface area contributed by atoms with E-state index in [1.54, 1.807) is 0 Å². The molecule has 0 aromatic heterocycles. The minimum absolute atomic E-state index is 0.126. The summed E-state index contributed by atoms with van der Waals surface area (Å²) in [4.78, 5) is 14.6. The van der Waals surface area contributed by atoms with Crippen molar-refractivity contribution in [3.05, 3.63) is 0 Å². The van der Waals surface area contributed by atoms with Crippen LogP contribution >= 0.6 is 7.92 Å². The highest BCUT2D eigenvalue weighted by Gasteiger charge is 2.37. The van der Waals surface area contributed by atoms with E-state index in [1.807, 2.05) is 4.90 Å². The quantitative estimate of drug-likeness (QED) is 0.783. The zero-order chi connectivity index (χ0) is 16.4. The predicted molar refractivity (Wildman–Crippen MR) is 91.0 cm³/mol. The number of hydrogen-bond donors (Lipinski definition) is 2. The molecule has 0 saturated carbocycles. The smallest absolute Gasteiger partial charge is 0.240 e. The predicted octanol–water partition coefficient (Wildman–Crippen LogP) is 2.45. The zero-order valence-corrected chi connectivity index (χ0v) is 15.6. The summed E-state index contributed by atoms with van der Waals surface area (Å²) in [6, 6.07) is -0.185. The molecular weight excluding hydrogens is 283 g/mol. The van der Waals surface area contributed by atoms with E-state index in [9.17, 15) is 9.90 Å². The third-order valence-corrected chi connectivity index (χ3v) is 7.21. The van der Waals surface area contributed by atoms with Gasteiger partial charge < -0.3 is 15.3 Å². The Morgan fingerprint density at radius 3 is 2.29 bits per heavy atom. The summed E-state index contributed by atoms with van der Waals surface area (Å²) in [7, 11) is -0.178. The van der Waals surface area contributed by atoms with Crippen LogP contribution in [-0.2, 0) is 4.79 Å². The molecule has 0 spiro atoms. The van der Waals surface area contributed by atoms with E-state index in [0.29, 0.717) is 19.5 Å². The molecule has 0 aromatic carbocycles. The Hall–Kier alpha value is -0.180. The van der Waals surface area contributed by atoms with Crippen molar-refractivity contribution in [3.63, 3.8) is 0 Å². The molecule has 1 aliphatic rings. The number of aliphatic hydroxyl groups excluding tert-OH is 1. The lowest BCUT2D eigenvalue weighted by Crippen LogP contribution is -2.53. The van der Waals surface area contributed by atoms with Gasteiger partial charge >= 0.3 is 0 Å². The molecule has 0 radical (unpaired) electrons. The number of nitrogens with one attached hydrogen (secondary N) is 1. The summed E-state index contributed by atoms with van der Waals surface area (Å²) in [5.41, 5.74) is -0.126. The molecule has 21 heavy (non-hydrogen) atoms. The topological polar surface area (TPSA) is 52.6 Å². The lowest BCUT2D eigenvalue weighted by atomic mass is 9.86. The van der Waals surface area contributed by atoms with E-state index >= 15 is 0 Å². The molecule has 3 unspecified atom stereocenters. The number of nitrogens with zero attached hydrogens (tertiary/aromatic N) is 1. The molecule has 1 amide bonds. The standard InChI is InChI=1S/C16H33N2O2P/c1-15(2,3)13(17-11-21(7)16(4,5)6)14(20)18-9-8-12(19)10-18/h12-13,17,19H,8-11H2,1-7H3. The van der Waals surface area contributed by atoms with Gasteiger partial charge in [-0.3, -0.25) is 4.79 Å². The maximum atomic E-state index is 12.8. The Labute approximate surface area is 131 Å². The SMILES string of the molecule is CP(CNC(C(=O)N1CCC(O)C1)C(C)(C)C)C(C)(C)C. The maximum Gasteiger partial charge on any atom is 0.240 e. The van der Waals surface area contributed by atoms with Crippen LogP contribution < -0.4 is 5.32 Å². The van der Waals surface area contributed by atoms with Gasteiger partial charge in [-0.05, 0) is 23.7 Å². The lowest BCUT2D eigenvalue weighted by molar-refractivity contribution is -0.135. The fourth-order valence-corrected chi connectivity index (χ4v) is 3.28. The molecule has 1 rings (SSSR count). The van der Waals surface area contributed by atoms with Crippen LogP contribution in [0.1, 0.15) is 48.0 Å². The van der Waals surface area contributed by atoms with Gasteiger partial charge in [-0.1, -0.05) is 49.5 Å². The molecule has 1 heterocycles. The van der Waals surface area contributed by atoms with E-state index in [2.05, 4.69) is 53.5 Å². The van der Waals surface area contributed by atoms with Crippen molar-refractivity contribution >= 4 is 13.8 Å². The van der Waals surface area contributed by atoms with Crippen molar-refractivity contribution in [2.75, 3.05) is 26.0 Å². The number of hydrogen-bond acceptors (Lipinski definition) is 3. The van der Waals surface area contributed by atoms with Gasteiger partial charge in [0.2, 0.25) is 5.91 Å². The highest BCUT2D eigenvalue weighted by atomic mass is 31.1. The van der Waals surface area contributed by atoms with Gasteiger partial charge in [0.1, 0.15) is 0 Å². The van der Waals surface area contributed by atoms with Crippen LogP contribution in [0.15, 0.2) is 0 Å². The zero-order valence-electron chi connectivity index (χ0n) is 14.7. The van der Waals surface area contributed by atoms with Crippen LogP contribution in [0.3, 0.4) is 0 Å². The number of β-amino-alcohol motifs (C(OH)–C–C–N with tert-alkyl or cyclic N) is 1. The highest BCUT2D eigenvalue weighted by Crippen LogP contribution is 2.44. The third-order valence-electron chi connectivity index (χ3n) is 4.27. The average Bonchev–Trinajstić information content (AvgIpc) is 2.72. The first kappa shape index (κ1) is 18.9. The Kier molecular flexibility index (Phi) is 6.23. The van der Waals surface area contributed by atoms with Crippen LogP contribution in [0.4, 0.5) is 0 Å². The second-order valence-electron chi connectivity index (χ2n) is 8.26. The van der Waals surface area contributed by atoms with E-state index in [4.69, 9.17) is 0 Å². The molecule has 124 valence electrons. The van der Waals surface area contributed by atoms with Crippen LogP contribution in [-0.4, -0.2) is 59.3 Å². The molecule has 1 fully saturated rings. The van der Waals surface area contributed by atoms with E-state index in [-0.39, 0.29) is 36.5 Å². The van der Waals surface area contributed by atoms with Crippen molar-refractivity contribution < 1.29 is 9.90 Å². The molecule has 1 saturated heterocycles. The number of likely N-dealkylation sites (tertiary alicyclic amines) is 1. The Morgan fingerprint density at radius 2 is 1.90 bits per heavy atom. The summed E-state index contributed by atoms with van der Waals surface area (Å²) >= 11 is 0. The monoisotopic (exact) mass is 316 g/mol. The number of carbonyl (C=O) groups is 1. The van der Waals surface area contributed by atoms with E-state index in [0.717, 1.165) is 6.29 Å². The first-order valence-electron chi connectivity index (χ1n) is 7.84. The molecule has 2 N–H and O–H groups in total. The third kappa shape index (κ3) is 5.50. The van der Waals surface area contributed by atoms with Gasteiger partial charge in [0.15, 0.2) is 0 Å². The van der Waals surface area contributed by atoms with Crippen LogP contribution in [0, 0.1) is 5.41 Å². The van der Waals surface area contributed by atoms with Gasteiger partial charge in [0, 0.05) is 19.4 Å². The van der Waals surface area contributed by atoms with E-state index in [1.165, 1.54) is 0 Å². The van der Waals surface area contributed by atoms with Crippen LogP contribution in [0.2, 0.25) is 0 Å². The maximum absolute atomic E-state index is 12.8. The fraction of sp³-hybridized carbons (Fsp3) is 0.938. The molecular formula is C16H33N2O2P.